The van der Waals surface area contributed by atoms with Gasteiger partial charge in [-0.05, 0) is 92.3 Å². The smallest absolute Gasteiger partial charge is 0.132 e. The lowest BCUT2D eigenvalue weighted by molar-refractivity contribution is 0.129. The van der Waals surface area contributed by atoms with Crippen molar-refractivity contribution in [1.82, 2.24) is 4.90 Å². The molecule has 3 aromatic carbocycles. The quantitative estimate of drug-likeness (QED) is 0.344. The molecule has 0 bridgehead atoms. The summed E-state index contributed by atoms with van der Waals surface area (Å²) in [4.78, 5) is 2.49. The third kappa shape index (κ3) is 6.05. The highest BCUT2D eigenvalue weighted by Crippen LogP contribution is 2.49. The van der Waals surface area contributed by atoms with Crippen LogP contribution in [-0.2, 0) is 13.0 Å². The minimum atomic E-state index is -0.360. The van der Waals surface area contributed by atoms with Crippen molar-refractivity contribution in [3.63, 3.8) is 0 Å². The van der Waals surface area contributed by atoms with Gasteiger partial charge in [-0.3, -0.25) is 4.90 Å². The number of aryl methyl sites for hydroxylation is 2. The van der Waals surface area contributed by atoms with E-state index in [2.05, 4.69) is 93.3 Å². The molecule has 0 saturated carbocycles. The van der Waals surface area contributed by atoms with Crippen LogP contribution in [0.15, 0.2) is 72.3 Å². The predicted octanol–water partition coefficient (Wildman–Crippen LogP) is 8.08. The summed E-state index contributed by atoms with van der Waals surface area (Å²) in [5.41, 5.74) is 8.30. The molecule has 0 spiro atoms. The zero-order valence-corrected chi connectivity index (χ0v) is 23.4. The minimum absolute atomic E-state index is 0. The van der Waals surface area contributed by atoms with Crippen LogP contribution >= 0.6 is 12.4 Å². The molecule has 37 heavy (non-hydrogen) atoms. The number of aromatic hydroxyl groups is 1. The highest BCUT2D eigenvalue weighted by atomic mass is 35.5. The minimum Gasteiger partial charge on any atom is -0.507 e. The van der Waals surface area contributed by atoms with E-state index in [1.54, 1.807) is 0 Å². The summed E-state index contributed by atoms with van der Waals surface area (Å²) in [5, 5.41) is 11.3. The largest absolute Gasteiger partial charge is 0.507 e. The van der Waals surface area contributed by atoms with Gasteiger partial charge < -0.3 is 9.84 Å². The second kappa shape index (κ2) is 11.3. The van der Waals surface area contributed by atoms with Crippen molar-refractivity contribution >= 4 is 18.0 Å². The van der Waals surface area contributed by atoms with Crippen LogP contribution in [0.4, 0.5) is 0 Å². The molecule has 2 aliphatic rings. The topological polar surface area (TPSA) is 32.7 Å². The van der Waals surface area contributed by atoms with Crippen LogP contribution in [-0.4, -0.2) is 28.7 Å². The van der Waals surface area contributed by atoms with Gasteiger partial charge in [0.15, 0.2) is 0 Å². The summed E-state index contributed by atoms with van der Waals surface area (Å²) in [6, 6.07) is 23.7. The van der Waals surface area contributed by atoms with Crippen molar-refractivity contribution < 1.29 is 9.84 Å². The Labute approximate surface area is 228 Å². The monoisotopic (exact) mass is 517 g/mol. The predicted molar refractivity (Wildman–Crippen MR) is 156 cm³/mol. The molecular weight excluding hydrogens is 478 g/mol. The lowest BCUT2D eigenvalue weighted by atomic mass is 9.80. The zero-order valence-electron chi connectivity index (χ0n) is 22.6. The van der Waals surface area contributed by atoms with E-state index < -0.39 is 0 Å². The summed E-state index contributed by atoms with van der Waals surface area (Å²) in [6.07, 6.45) is 4.25. The fourth-order valence-corrected chi connectivity index (χ4v) is 5.85. The molecule has 1 unspecified atom stereocenters. The first-order valence-electron chi connectivity index (χ1n) is 13.4. The molecule has 1 atom stereocenters. The molecular formula is C33H40ClNO2. The van der Waals surface area contributed by atoms with E-state index in [0.717, 1.165) is 62.2 Å². The molecule has 3 aromatic rings. The SMILES string of the molecule is Cc1ccc(CCCC(C)c2cc(O)c3c(c2)OC(C)(C)C2=C3CN(Cc3ccccc3)CC2)cc1.Cl. The Morgan fingerprint density at radius 3 is 2.46 bits per heavy atom. The fourth-order valence-electron chi connectivity index (χ4n) is 5.85. The summed E-state index contributed by atoms with van der Waals surface area (Å²) >= 11 is 0. The summed E-state index contributed by atoms with van der Waals surface area (Å²) < 4.78 is 6.56. The lowest BCUT2D eigenvalue weighted by Gasteiger charge is -2.42. The van der Waals surface area contributed by atoms with Gasteiger partial charge in [0.1, 0.15) is 17.1 Å². The Kier molecular flexibility index (Phi) is 8.36. The molecule has 0 saturated heterocycles. The van der Waals surface area contributed by atoms with E-state index in [9.17, 15) is 5.11 Å². The number of rotatable bonds is 7. The van der Waals surface area contributed by atoms with Crippen LogP contribution in [0.2, 0.25) is 0 Å². The molecule has 1 N–H and O–H groups in total. The first-order chi connectivity index (χ1) is 17.3. The van der Waals surface area contributed by atoms with Gasteiger partial charge >= 0.3 is 0 Å². The number of halogens is 1. The van der Waals surface area contributed by atoms with E-state index in [4.69, 9.17) is 4.74 Å². The summed E-state index contributed by atoms with van der Waals surface area (Å²) in [7, 11) is 0. The molecule has 0 aromatic heterocycles. The Morgan fingerprint density at radius 2 is 1.73 bits per heavy atom. The molecule has 3 nitrogen and oxygen atoms in total. The molecule has 2 heterocycles. The van der Waals surface area contributed by atoms with E-state index in [-0.39, 0.29) is 18.0 Å². The highest BCUT2D eigenvalue weighted by Gasteiger charge is 2.39. The van der Waals surface area contributed by atoms with Crippen LogP contribution in [0.25, 0.3) is 5.57 Å². The number of phenolic OH excluding ortho intramolecular Hbond substituents is 1. The van der Waals surface area contributed by atoms with Gasteiger partial charge in [-0.2, -0.15) is 0 Å². The normalized spacial score (nSPS) is 17.3. The van der Waals surface area contributed by atoms with Crippen molar-refractivity contribution in [1.29, 1.82) is 0 Å². The number of fused-ring (bicyclic) bond motifs is 2. The third-order valence-corrected chi connectivity index (χ3v) is 7.96. The first-order valence-corrected chi connectivity index (χ1v) is 13.4. The third-order valence-electron chi connectivity index (χ3n) is 7.96. The number of ether oxygens (including phenoxy) is 1. The summed E-state index contributed by atoms with van der Waals surface area (Å²) in [5.74, 6) is 1.55. The Morgan fingerprint density at radius 1 is 1.00 bits per heavy atom. The van der Waals surface area contributed by atoms with Gasteiger partial charge in [0.25, 0.3) is 0 Å². The number of benzene rings is 3. The Bertz CT molecular complexity index is 1250. The van der Waals surface area contributed by atoms with Gasteiger partial charge in [0.05, 0.1) is 5.56 Å². The van der Waals surface area contributed by atoms with Gasteiger partial charge in [0, 0.05) is 19.6 Å². The van der Waals surface area contributed by atoms with Crippen molar-refractivity contribution in [3.8, 4) is 11.5 Å². The Hall–Kier alpha value is -2.75. The van der Waals surface area contributed by atoms with E-state index >= 15 is 0 Å². The molecule has 0 amide bonds. The fraction of sp³-hybridized carbons (Fsp3) is 0.394. The van der Waals surface area contributed by atoms with Gasteiger partial charge in [-0.1, -0.05) is 67.1 Å². The van der Waals surface area contributed by atoms with E-state index in [1.807, 2.05) is 6.07 Å². The number of hydrogen-bond donors (Lipinski definition) is 1. The second-order valence-corrected chi connectivity index (χ2v) is 11.2. The van der Waals surface area contributed by atoms with E-state index in [0.29, 0.717) is 11.7 Å². The number of phenols is 1. The number of nitrogens with zero attached hydrogens (tertiary/aromatic N) is 1. The summed E-state index contributed by atoms with van der Waals surface area (Å²) in [6.45, 7) is 11.5. The molecule has 4 heteroatoms. The molecule has 0 aliphatic carbocycles. The highest BCUT2D eigenvalue weighted by molar-refractivity contribution is 5.85. The van der Waals surface area contributed by atoms with Crippen molar-refractivity contribution in [3.05, 3.63) is 100 Å². The molecule has 0 fully saturated rings. The van der Waals surface area contributed by atoms with Gasteiger partial charge in [-0.15, -0.1) is 12.4 Å². The second-order valence-electron chi connectivity index (χ2n) is 11.2. The number of hydrogen-bond acceptors (Lipinski definition) is 3. The molecule has 5 rings (SSSR count). The van der Waals surface area contributed by atoms with E-state index in [1.165, 1.54) is 27.8 Å². The van der Waals surface area contributed by atoms with Gasteiger partial charge in [0.2, 0.25) is 0 Å². The van der Waals surface area contributed by atoms with Crippen LogP contribution < -0.4 is 4.74 Å². The van der Waals surface area contributed by atoms with Crippen molar-refractivity contribution in [2.75, 3.05) is 13.1 Å². The zero-order chi connectivity index (χ0) is 25.3. The van der Waals surface area contributed by atoms with Crippen LogP contribution in [0, 0.1) is 6.92 Å². The first kappa shape index (κ1) is 27.3. The average Bonchev–Trinajstić information content (AvgIpc) is 2.85. The van der Waals surface area contributed by atoms with Crippen LogP contribution in [0.3, 0.4) is 0 Å². The van der Waals surface area contributed by atoms with Gasteiger partial charge in [-0.25, -0.2) is 0 Å². The molecule has 0 radical (unpaired) electrons. The van der Waals surface area contributed by atoms with Crippen molar-refractivity contribution in [2.24, 2.45) is 0 Å². The maximum absolute atomic E-state index is 11.3. The standard InChI is InChI=1S/C33H39NO2.ClH/c1-23-13-15-25(16-14-23)12-8-9-24(2)27-19-30(35)32-28-22-34(21-26-10-6-5-7-11-26)18-17-29(28)33(3,4)36-31(32)20-27;/h5-7,10-11,13-16,19-20,24,35H,8-9,12,17-18,21-22H2,1-4H3;1H. The van der Waals surface area contributed by atoms with Crippen molar-refractivity contribution in [2.45, 2.75) is 71.4 Å². The maximum Gasteiger partial charge on any atom is 0.132 e. The average molecular weight is 518 g/mol. The Balaban J connectivity index is 0.00000320. The maximum atomic E-state index is 11.3. The molecule has 2 aliphatic heterocycles. The van der Waals surface area contributed by atoms with Crippen LogP contribution in [0.1, 0.15) is 73.8 Å². The van der Waals surface area contributed by atoms with Crippen LogP contribution in [0.5, 0.6) is 11.5 Å². The lowest BCUT2D eigenvalue weighted by Crippen LogP contribution is -2.42. The molecule has 196 valence electrons.